The number of unbranched alkanes of at least 4 members (excludes halogenated alkanes) is 5. The van der Waals surface area contributed by atoms with Crippen molar-refractivity contribution in [2.45, 2.75) is 78.9 Å². The van der Waals surface area contributed by atoms with Crippen LogP contribution in [0.5, 0.6) is 11.5 Å². The van der Waals surface area contributed by atoms with Crippen LogP contribution in [0.15, 0.2) is 12.1 Å². The molecule has 1 aromatic rings. The van der Waals surface area contributed by atoms with E-state index >= 15 is 0 Å². The standard InChI is InChI=1S/C20H34ClNO2/c1-5-7-8-9-10-11-12-22-15-17-13-19(23-6-2)20(14-18(17)21)24-16(3)4/h13-14,16,22H,5-12,15H2,1-4H3. The number of rotatable bonds is 13. The second-order valence-electron chi connectivity index (χ2n) is 6.43. The summed E-state index contributed by atoms with van der Waals surface area (Å²) in [7, 11) is 0. The van der Waals surface area contributed by atoms with Crippen molar-refractivity contribution in [3.63, 3.8) is 0 Å². The van der Waals surface area contributed by atoms with Crippen molar-refractivity contribution in [3.8, 4) is 11.5 Å². The predicted octanol–water partition coefficient (Wildman–Crippen LogP) is 5.98. The lowest BCUT2D eigenvalue weighted by Crippen LogP contribution is -2.15. The minimum absolute atomic E-state index is 0.0944. The highest BCUT2D eigenvalue weighted by atomic mass is 35.5. The van der Waals surface area contributed by atoms with Gasteiger partial charge in [-0.2, -0.15) is 0 Å². The van der Waals surface area contributed by atoms with E-state index in [1.54, 1.807) is 0 Å². The summed E-state index contributed by atoms with van der Waals surface area (Å²) in [4.78, 5) is 0. The highest BCUT2D eigenvalue weighted by Crippen LogP contribution is 2.34. The van der Waals surface area contributed by atoms with Gasteiger partial charge in [-0.1, -0.05) is 50.6 Å². The van der Waals surface area contributed by atoms with Crippen LogP contribution in [-0.2, 0) is 6.54 Å². The maximum Gasteiger partial charge on any atom is 0.163 e. The first-order valence-electron chi connectivity index (χ1n) is 9.41. The molecule has 0 aliphatic carbocycles. The van der Waals surface area contributed by atoms with Gasteiger partial charge in [-0.25, -0.2) is 0 Å². The van der Waals surface area contributed by atoms with E-state index in [0.717, 1.165) is 35.2 Å². The minimum atomic E-state index is 0.0944. The molecule has 0 saturated carbocycles. The van der Waals surface area contributed by atoms with E-state index in [9.17, 15) is 0 Å². The van der Waals surface area contributed by atoms with Gasteiger partial charge in [-0.15, -0.1) is 0 Å². The molecular weight excluding hydrogens is 322 g/mol. The van der Waals surface area contributed by atoms with Gasteiger partial charge in [0.15, 0.2) is 11.5 Å². The first-order valence-corrected chi connectivity index (χ1v) is 9.78. The molecule has 24 heavy (non-hydrogen) atoms. The molecule has 0 bridgehead atoms. The maximum atomic E-state index is 6.41. The molecule has 0 fully saturated rings. The van der Waals surface area contributed by atoms with Crippen molar-refractivity contribution >= 4 is 11.6 Å². The molecule has 0 aromatic heterocycles. The predicted molar refractivity (Wildman–Crippen MR) is 103 cm³/mol. The lowest BCUT2D eigenvalue weighted by molar-refractivity contribution is 0.223. The molecule has 0 saturated heterocycles. The number of halogens is 1. The van der Waals surface area contributed by atoms with Crippen molar-refractivity contribution < 1.29 is 9.47 Å². The molecule has 138 valence electrons. The Bertz CT molecular complexity index is 463. The normalized spacial score (nSPS) is 11.1. The van der Waals surface area contributed by atoms with E-state index in [2.05, 4.69) is 12.2 Å². The van der Waals surface area contributed by atoms with Crippen LogP contribution >= 0.6 is 11.6 Å². The SMILES string of the molecule is CCCCCCCCNCc1cc(OCC)c(OC(C)C)cc1Cl. The van der Waals surface area contributed by atoms with Gasteiger partial charge in [0.25, 0.3) is 0 Å². The third-order valence-electron chi connectivity index (χ3n) is 3.80. The van der Waals surface area contributed by atoms with Gasteiger partial charge in [-0.05, 0) is 45.4 Å². The number of ether oxygens (including phenoxy) is 2. The highest BCUT2D eigenvalue weighted by Gasteiger charge is 2.12. The van der Waals surface area contributed by atoms with Gasteiger partial charge in [0.1, 0.15) is 0 Å². The fourth-order valence-electron chi connectivity index (χ4n) is 2.58. The smallest absolute Gasteiger partial charge is 0.163 e. The van der Waals surface area contributed by atoms with E-state index < -0.39 is 0 Å². The fraction of sp³-hybridized carbons (Fsp3) is 0.700. The van der Waals surface area contributed by atoms with Crippen molar-refractivity contribution in [1.29, 1.82) is 0 Å². The molecule has 3 nitrogen and oxygen atoms in total. The molecule has 1 aromatic carbocycles. The Morgan fingerprint density at radius 1 is 1.00 bits per heavy atom. The van der Waals surface area contributed by atoms with Gasteiger partial charge in [0.2, 0.25) is 0 Å². The van der Waals surface area contributed by atoms with E-state index in [0.29, 0.717) is 6.61 Å². The fourth-order valence-corrected chi connectivity index (χ4v) is 2.80. The van der Waals surface area contributed by atoms with Gasteiger partial charge < -0.3 is 14.8 Å². The van der Waals surface area contributed by atoms with Crippen LogP contribution in [-0.4, -0.2) is 19.3 Å². The van der Waals surface area contributed by atoms with Gasteiger partial charge in [-0.3, -0.25) is 0 Å². The van der Waals surface area contributed by atoms with E-state index in [1.165, 1.54) is 38.5 Å². The molecule has 4 heteroatoms. The first-order chi connectivity index (χ1) is 11.6. The van der Waals surface area contributed by atoms with Crippen molar-refractivity contribution in [2.75, 3.05) is 13.2 Å². The summed E-state index contributed by atoms with van der Waals surface area (Å²) >= 11 is 6.41. The summed E-state index contributed by atoms with van der Waals surface area (Å²) in [6.07, 6.45) is 7.96. The van der Waals surface area contributed by atoms with Crippen LogP contribution in [0.4, 0.5) is 0 Å². The Balaban J connectivity index is 2.48. The van der Waals surface area contributed by atoms with Crippen LogP contribution in [0.1, 0.15) is 71.8 Å². The average Bonchev–Trinajstić information content (AvgIpc) is 2.53. The van der Waals surface area contributed by atoms with E-state index in [1.807, 2.05) is 32.9 Å². The highest BCUT2D eigenvalue weighted by molar-refractivity contribution is 6.31. The quantitative estimate of drug-likeness (QED) is 0.442. The molecule has 0 aliphatic heterocycles. The summed E-state index contributed by atoms with van der Waals surface area (Å²) < 4.78 is 11.5. The average molecular weight is 356 g/mol. The largest absolute Gasteiger partial charge is 0.490 e. The molecule has 0 spiro atoms. The molecule has 1 N–H and O–H groups in total. The van der Waals surface area contributed by atoms with Crippen LogP contribution < -0.4 is 14.8 Å². The third kappa shape index (κ3) is 8.25. The summed E-state index contributed by atoms with van der Waals surface area (Å²) in [5, 5.41) is 4.21. The maximum absolute atomic E-state index is 6.41. The summed E-state index contributed by atoms with van der Waals surface area (Å²) in [5.74, 6) is 1.49. The lowest BCUT2D eigenvalue weighted by Gasteiger charge is -2.17. The van der Waals surface area contributed by atoms with E-state index in [4.69, 9.17) is 21.1 Å². The molecular formula is C20H34ClNO2. The topological polar surface area (TPSA) is 30.5 Å². The monoisotopic (exact) mass is 355 g/mol. The van der Waals surface area contributed by atoms with E-state index in [-0.39, 0.29) is 6.10 Å². The van der Waals surface area contributed by atoms with Gasteiger partial charge >= 0.3 is 0 Å². The molecule has 0 heterocycles. The molecule has 0 unspecified atom stereocenters. The Hall–Kier alpha value is -0.930. The molecule has 0 radical (unpaired) electrons. The van der Waals surface area contributed by atoms with Crippen molar-refractivity contribution in [3.05, 3.63) is 22.7 Å². The Morgan fingerprint density at radius 2 is 1.71 bits per heavy atom. The second-order valence-corrected chi connectivity index (χ2v) is 6.84. The lowest BCUT2D eigenvalue weighted by atomic mass is 10.1. The van der Waals surface area contributed by atoms with Gasteiger partial charge in [0.05, 0.1) is 12.7 Å². The Labute approximate surface area is 153 Å². The third-order valence-corrected chi connectivity index (χ3v) is 4.15. The zero-order valence-corrected chi connectivity index (χ0v) is 16.5. The Kier molecular flexibility index (Phi) is 10.9. The van der Waals surface area contributed by atoms with Crippen LogP contribution in [0, 0.1) is 0 Å². The van der Waals surface area contributed by atoms with Crippen LogP contribution in [0.3, 0.4) is 0 Å². The second kappa shape index (κ2) is 12.4. The number of nitrogens with one attached hydrogen (secondary N) is 1. The number of hydrogen-bond acceptors (Lipinski definition) is 3. The molecule has 0 amide bonds. The molecule has 1 rings (SSSR count). The van der Waals surface area contributed by atoms with Crippen molar-refractivity contribution in [2.24, 2.45) is 0 Å². The van der Waals surface area contributed by atoms with Crippen molar-refractivity contribution in [1.82, 2.24) is 5.32 Å². The Morgan fingerprint density at radius 3 is 2.38 bits per heavy atom. The summed E-state index contributed by atoms with van der Waals surface area (Å²) in [6, 6.07) is 3.87. The minimum Gasteiger partial charge on any atom is -0.490 e. The summed E-state index contributed by atoms with van der Waals surface area (Å²) in [5.41, 5.74) is 1.06. The number of hydrogen-bond donors (Lipinski definition) is 1. The van der Waals surface area contributed by atoms with Crippen LogP contribution in [0.2, 0.25) is 5.02 Å². The first kappa shape index (κ1) is 21.1. The zero-order valence-electron chi connectivity index (χ0n) is 15.8. The number of benzene rings is 1. The van der Waals surface area contributed by atoms with Gasteiger partial charge in [0, 0.05) is 17.6 Å². The van der Waals surface area contributed by atoms with Crippen LogP contribution in [0.25, 0.3) is 0 Å². The summed E-state index contributed by atoms with van der Waals surface area (Å²) in [6.45, 7) is 10.6. The zero-order chi connectivity index (χ0) is 17.8. The molecule has 0 aliphatic rings. The molecule has 0 atom stereocenters.